The van der Waals surface area contributed by atoms with E-state index in [1.54, 1.807) is 0 Å². The van der Waals surface area contributed by atoms with Crippen molar-refractivity contribution in [3.63, 3.8) is 0 Å². The van der Waals surface area contributed by atoms with Crippen LogP contribution < -0.4 is 0 Å². The molecule has 0 aromatic carbocycles. The standard InChI is InChI=1S/C25H44O5/c1-17-9-10-20-22(3,4)12-8-13-24(20,6)25(17,27)16-15-23(5)14-11-19(29-30-23)18(2)21(26)28-7/h17-20,27H,8-16H2,1-7H3/t17-,18+,19+,20+,23+,24+,25-/m1/s1. The number of esters is 1. The molecule has 1 saturated heterocycles. The maximum atomic E-state index is 12.2. The summed E-state index contributed by atoms with van der Waals surface area (Å²) >= 11 is 0. The van der Waals surface area contributed by atoms with E-state index in [4.69, 9.17) is 14.5 Å². The molecule has 174 valence electrons. The van der Waals surface area contributed by atoms with Gasteiger partial charge in [-0.15, -0.1) is 0 Å². The molecule has 3 aliphatic rings. The summed E-state index contributed by atoms with van der Waals surface area (Å²) in [6.07, 6.45) is 8.65. The quantitative estimate of drug-likeness (QED) is 0.470. The number of fused-ring (bicyclic) bond motifs is 1. The monoisotopic (exact) mass is 424 g/mol. The molecule has 1 N–H and O–H groups in total. The molecule has 3 fully saturated rings. The van der Waals surface area contributed by atoms with Gasteiger partial charge >= 0.3 is 5.97 Å². The fourth-order valence-corrected chi connectivity index (χ4v) is 7.11. The number of rotatable bonds is 5. The van der Waals surface area contributed by atoms with Gasteiger partial charge in [-0.3, -0.25) is 4.79 Å². The zero-order chi connectivity index (χ0) is 22.4. The van der Waals surface area contributed by atoms with Gasteiger partial charge in [0.05, 0.1) is 18.6 Å². The molecule has 0 radical (unpaired) electrons. The summed E-state index contributed by atoms with van der Waals surface area (Å²) < 4.78 is 4.84. The Bertz CT molecular complexity index is 623. The molecular formula is C25H44O5. The van der Waals surface area contributed by atoms with E-state index in [1.807, 2.05) is 6.92 Å². The Labute approximate surface area is 183 Å². The highest BCUT2D eigenvalue weighted by molar-refractivity contribution is 5.72. The highest BCUT2D eigenvalue weighted by Gasteiger charge is 2.61. The summed E-state index contributed by atoms with van der Waals surface area (Å²) in [5.41, 5.74) is -0.891. The largest absolute Gasteiger partial charge is 0.469 e. The number of carbonyl (C=O) groups is 1. The molecule has 0 unspecified atom stereocenters. The third kappa shape index (κ3) is 4.06. The highest BCUT2D eigenvalue weighted by Crippen LogP contribution is 2.64. The lowest BCUT2D eigenvalue weighted by molar-refractivity contribution is -0.412. The molecule has 5 nitrogen and oxygen atoms in total. The van der Waals surface area contributed by atoms with E-state index in [0.717, 1.165) is 38.5 Å². The summed E-state index contributed by atoms with van der Waals surface area (Å²) in [6, 6.07) is 0. The van der Waals surface area contributed by atoms with Crippen molar-refractivity contribution in [3.8, 4) is 0 Å². The van der Waals surface area contributed by atoms with Crippen LogP contribution in [0.4, 0.5) is 0 Å². The van der Waals surface area contributed by atoms with E-state index in [2.05, 4.69) is 34.6 Å². The number of hydrogen-bond donors (Lipinski definition) is 1. The predicted molar refractivity (Wildman–Crippen MR) is 117 cm³/mol. The van der Waals surface area contributed by atoms with Crippen LogP contribution in [-0.4, -0.2) is 35.5 Å². The number of ether oxygens (including phenoxy) is 1. The van der Waals surface area contributed by atoms with Crippen molar-refractivity contribution in [3.05, 3.63) is 0 Å². The molecule has 0 bridgehead atoms. The van der Waals surface area contributed by atoms with Crippen LogP contribution in [-0.2, 0) is 19.3 Å². The Kier molecular flexibility index (Phi) is 6.69. The van der Waals surface area contributed by atoms with Gasteiger partial charge in [-0.05, 0) is 87.9 Å². The first-order valence-electron chi connectivity index (χ1n) is 12.0. The summed E-state index contributed by atoms with van der Waals surface area (Å²) in [7, 11) is 1.40. The molecule has 2 aliphatic carbocycles. The van der Waals surface area contributed by atoms with Crippen LogP contribution >= 0.6 is 0 Å². The number of aliphatic hydroxyl groups is 1. The maximum absolute atomic E-state index is 12.2. The van der Waals surface area contributed by atoms with Crippen LogP contribution in [0.15, 0.2) is 0 Å². The van der Waals surface area contributed by atoms with E-state index in [1.165, 1.54) is 26.4 Å². The number of hydrogen-bond acceptors (Lipinski definition) is 5. The Balaban J connectivity index is 1.69. The van der Waals surface area contributed by atoms with E-state index < -0.39 is 11.2 Å². The minimum atomic E-state index is -0.684. The Morgan fingerprint density at radius 1 is 1.10 bits per heavy atom. The molecule has 5 heteroatoms. The second-order valence-electron chi connectivity index (χ2n) is 11.7. The maximum Gasteiger partial charge on any atom is 0.311 e. The van der Waals surface area contributed by atoms with E-state index in [9.17, 15) is 9.90 Å². The second kappa shape index (κ2) is 8.37. The zero-order valence-corrected chi connectivity index (χ0v) is 20.3. The smallest absolute Gasteiger partial charge is 0.311 e. The van der Waals surface area contributed by atoms with Crippen LogP contribution in [0.1, 0.15) is 99.3 Å². The first-order chi connectivity index (χ1) is 13.9. The van der Waals surface area contributed by atoms with Crippen molar-refractivity contribution in [2.45, 2.75) is 117 Å². The van der Waals surface area contributed by atoms with Crippen LogP contribution in [0.25, 0.3) is 0 Å². The molecule has 0 aromatic heterocycles. The topological polar surface area (TPSA) is 65.0 Å². The van der Waals surface area contributed by atoms with Gasteiger partial charge in [-0.1, -0.05) is 34.1 Å². The van der Waals surface area contributed by atoms with Crippen molar-refractivity contribution in [1.82, 2.24) is 0 Å². The van der Waals surface area contributed by atoms with Gasteiger partial charge in [0.1, 0.15) is 11.7 Å². The van der Waals surface area contributed by atoms with Crippen molar-refractivity contribution >= 4 is 5.97 Å². The highest BCUT2D eigenvalue weighted by atomic mass is 17.2. The zero-order valence-electron chi connectivity index (χ0n) is 20.3. The van der Waals surface area contributed by atoms with E-state index in [-0.39, 0.29) is 34.7 Å². The van der Waals surface area contributed by atoms with Gasteiger partial charge < -0.3 is 9.84 Å². The number of carbonyl (C=O) groups excluding carboxylic acids is 1. The average molecular weight is 425 g/mol. The third-order valence-electron chi connectivity index (χ3n) is 9.42. The molecule has 0 spiro atoms. The van der Waals surface area contributed by atoms with Gasteiger partial charge in [0.25, 0.3) is 0 Å². The summed E-state index contributed by atoms with van der Waals surface area (Å²) in [5, 5.41) is 12.2. The molecular weight excluding hydrogens is 380 g/mol. The van der Waals surface area contributed by atoms with Gasteiger partial charge in [0, 0.05) is 0 Å². The average Bonchev–Trinajstić information content (AvgIpc) is 2.69. The summed E-state index contributed by atoms with van der Waals surface area (Å²) in [5.74, 6) is 0.233. The fraction of sp³-hybridized carbons (Fsp3) is 0.960. The Hall–Kier alpha value is -0.650. The first kappa shape index (κ1) is 24.0. The molecule has 7 atom stereocenters. The van der Waals surface area contributed by atoms with Gasteiger partial charge in [-0.25, -0.2) is 9.78 Å². The Morgan fingerprint density at radius 3 is 2.40 bits per heavy atom. The second-order valence-corrected chi connectivity index (χ2v) is 11.7. The van der Waals surface area contributed by atoms with Crippen LogP contribution in [0.3, 0.4) is 0 Å². The molecule has 0 aromatic rings. The predicted octanol–water partition coefficient (Wildman–Crippen LogP) is 5.44. The third-order valence-corrected chi connectivity index (χ3v) is 9.42. The van der Waals surface area contributed by atoms with E-state index in [0.29, 0.717) is 5.92 Å². The van der Waals surface area contributed by atoms with Crippen LogP contribution in [0, 0.1) is 28.6 Å². The van der Waals surface area contributed by atoms with Crippen molar-refractivity contribution in [2.24, 2.45) is 28.6 Å². The SMILES string of the molecule is COC(=O)[C@@H](C)[C@@H]1CC[C@@](C)(CC[C@@]2(O)[C@H](C)CC[C@H]3C(C)(C)CCC[C@@]32C)OO1. The minimum absolute atomic E-state index is 0.0553. The molecule has 2 saturated carbocycles. The van der Waals surface area contributed by atoms with Gasteiger partial charge in [-0.2, -0.15) is 0 Å². The van der Waals surface area contributed by atoms with Crippen molar-refractivity contribution in [1.29, 1.82) is 0 Å². The van der Waals surface area contributed by atoms with Crippen LogP contribution in [0.2, 0.25) is 0 Å². The van der Waals surface area contributed by atoms with Gasteiger partial charge in [0.2, 0.25) is 0 Å². The molecule has 3 rings (SSSR count). The first-order valence-corrected chi connectivity index (χ1v) is 12.0. The van der Waals surface area contributed by atoms with Gasteiger partial charge in [0.15, 0.2) is 0 Å². The molecule has 1 aliphatic heterocycles. The summed E-state index contributed by atoms with van der Waals surface area (Å²) in [6.45, 7) is 13.3. The van der Waals surface area contributed by atoms with Crippen molar-refractivity contribution < 1.29 is 24.4 Å². The summed E-state index contributed by atoms with van der Waals surface area (Å²) in [4.78, 5) is 23.3. The lowest BCUT2D eigenvalue weighted by Crippen LogP contribution is -2.62. The molecule has 1 heterocycles. The number of methoxy groups -OCH3 is 1. The fourth-order valence-electron chi connectivity index (χ4n) is 7.11. The van der Waals surface area contributed by atoms with Crippen molar-refractivity contribution in [2.75, 3.05) is 7.11 Å². The Morgan fingerprint density at radius 2 is 1.80 bits per heavy atom. The van der Waals surface area contributed by atoms with E-state index >= 15 is 0 Å². The lowest BCUT2D eigenvalue weighted by Gasteiger charge is -2.63. The normalized spacial score (nSPS) is 44.7. The minimum Gasteiger partial charge on any atom is -0.469 e. The molecule has 0 amide bonds. The molecule has 30 heavy (non-hydrogen) atoms. The van der Waals surface area contributed by atoms with Crippen LogP contribution in [0.5, 0.6) is 0 Å². The lowest BCUT2D eigenvalue weighted by atomic mass is 9.44.